The predicted octanol–water partition coefficient (Wildman–Crippen LogP) is 0.147. The van der Waals surface area contributed by atoms with Crippen molar-refractivity contribution in [3.05, 3.63) is 11.6 Å². The van der Waals surface area contributed by atoms with Crippen molar-refractivity contribution >= 4 is 52.1 Å². The third-order valence-corrected chi connectivity index (χ3v) is 9.67. The lowest BCUT2D eigenvalue weighted by atomic mass is 10.0. The number of aliphatic hydroxyl groups excluding tert-OH is 2. The Morgan fingerprint density at radius 1 is 1.18 bits per heavy atom. The van der Waals surface area contributed by atoms with Crippen LogP contribution in [0, 0.1) is 11.3 Å². The molecule has 2 aliphatic rings. The van der Waals surface area contributed by atoms with E-state index in [4.69, 9.17) is 25.9 Å². The van der Waals surface area contributed by atoms with E-state index in [9.17, 15) is 33.7 Å². The molecule has 0 saturated heterocycles. The molecule has 0 amide bonds. The van der Waals surface area contributed by atoms with Crippen molar-refractivity contribution < 1.29 is 56.6 Å². The second-order valence-electron chi connectivity index (χ2n) is 7.75. The van der Waals surface area contributed by atoms with E-state index in [1.54, 1.807) is 7.05 Å². The smallest absolute Gasteiger partial charge is 0.390 e. The Bertz CT molecular complexity index is 1270. The normalized spacial score (nSPS) is 32.2. The summed E-state index contributed by atoms with van der Waals surface area (Å²) in [5.41, 5.74) is -0.634. The summed E-state index contributed by atoms with van der Waals surface area (Å²) in [4.78, 5) is 48.5. The van der Waals surface area contributed by atoms with Gasteiger partial charge >= 0.3 is 23.5 Å². The molecule has 5 unspecified atom stereocenters. The molecule has 7 atom stereocenters. The van der Waals surface area contributed by atoms with Crippen molar-refractivity contribution in [3.8, 4) is 0 Å². The van der Waals surface area contributed by atoms with E-state index in [-0.39, 0.29) is 17.4 Å². The van der Waals surface area contributed by atoms with Crippen molar-refractivity contribution in [3.63, 3.8) is 0 Å². The molecule has 0 aromatic carbocycles. The average Bonchev–Trinajstić information content (AvgIpc) is 3.19. The van der Waals surface area contributed by atoms with Gasteiger partial charge in [0.2, 0.25) is 5.28 Å². The number of fused-ring (bicyclic) bond motifs is 2. The van der Waals surface area contributed by atoms with Gasteiger partial charge in [-0.1, -0.05) is 0 Å². The number of halogens is 1. The van der Waals surface area contributed by atoms with Crippen LogP contribution in [0.25, 0.3) is 11.2 Å². The molecule has 2 heterocycles. The summed E-state index contributed by atoms with van der Waals surface area (Å²) in [6.45, 7) is -0.708. The highest BCUT2D eigenvalue weighted by Crippen LogP contribution is 2.71. The van der Waals surface area contributed by atoms with Gasteiger partial charge in [0, 0.05) is 12.5 Å². The molecule has 2 aromatic rings. The molecule has 2 fully saturated rings. The van der Waals surface area contributed by atoms with Crippen molar-refractivity contribution in [2.75, 3.05) is 19.0 Å². The minimum Gasteiger partial charge on any atom is -0.390 e. The number of imidazole rings is 1. The topological polar surface area (TPSA) is 256 Å². The maximum atomic E-state index is 12.1. The molecule has 2 saturated carbocycles. The minimum absolute atomic E-state index is 0.0960. The van der Waals surface area contributed by atoms with Crippen LogP contribution in [0.4, 0.5) is 5.82 Å². The Morgan fingerprint density at radius 2 is 1.85 bits per heavy atom. The van der Waals surface area contributed by atoms with E-state index in [1.807, 2.05) is 0 Å². The molecule has 34 heavy (non-hydrogen) atoms. The van der Waals surface area contributed by atoms with Crippen molar-refractivity contribution in [2.24, 2.45) is 11.3 Å². The number of aromatic nitrogens is 4. The maximum absolute atomic E-state index is 12.1. The van der Waals surface area contributed by atoms with Crippen LogP contribution in [0.2, 0.25) is 5.28 Å². The molecular weight excluding hydrogens is 547 g/mol. The van der Waals surface area contributed by atoms with E-state index in [1.165, 1.54) is 10.9 Å². The Kier molecular flexibility index (Phi) is 6.53. The summed E-state index contributed by atoms with van der Waals surface area (Å²) in [5, 5.41) is 24.1. The quantitative estimate of drug-likeness (QED) is 0.158. The van der Waals surface area contributed by atoms with Gasteiger partial charge in [0.25, 0.3) is 0 Å². The van der Waals surface area contributed by atoms with Crippen LogP contribution in [-0.4, -0.2) is 75.2 Å². The number of nitrogens with one attached hydrogen (secondary N) is 1. The Hall–Kier alpha value is -1.03. The van der Waals surface area contributed by atoms with Crippen molar-refractivity contribution in [1.82, 2.24) is 19.5 Å². The van der Waals surface area contributed by atoms with Gasteiger partial charge in [0.05, 0.1) is 25.1 Å². The number of aliphatic hydroxyl groups is 2. The molecule has 17 nitrogen and oxygen atoms in total. The zero-order valence-electron chi connectivity index (χ0n) is 16.9. The monoisotopic (exact) mass is 565 g/mol. The van der Waals surface area contributed by atoms with E-state index in [0.717, 1.165) is 0 Å². The number of nitrogens with zero attached hydrogens (tertiary/aromatic N) is 4. The van der Waals surface area contributed by atoms with Gasteiger partial charge in [-0.25, -0.2) is 18.7 Å². The zero-order valence-corrected chi connectivity index (χ0v) is 20.4. The van der Waals surface area contributed by atoms with Gasteiger partial charge < -0.3 is 39.7 Å². The van der Waals surface area contributed by atoms with Gasteiger partial charge in [-0.2, -0.15) is 18.6 Å². The SMILES string of the molecule is CNc1nc(Cl)nc2c1ncn2C1C(O)C(O)[C@@]2(COP(=O)(O)OP(=O)(O)OP(=O)(O)O)C[C@H]12. The van der Waals surface area contributed by atoms with Gasteiger partial charge in [0.1, 0.15) is 6.10 Å². The van der Waals surface area contributed by atoms with Crippen LogP contribution >= 0.6 is 35.1 Å². The number of anilines is 1. The number of hydrogen-bond acceptors (Lipinski definition) is 12. The molecule has 0 radical (unpaired) electrons. The second kappa shape index (κ2) is 8.53. The first-order valence-corrected chi connectivity index (χ1v) is 14.2. The predicted molar refractivity (Wildman–Crippen MR) is 111 cm³/mol. The molecule has 21 heteroatoms. The van der Waals surface area contributed by atoms with E-state index < -0.39 is 59.7 Å². The van der Waals surface area contributed by atoms with Gasteiger partial charge in [0.15, 0.2) is 17.0 Å². The summed E-state index contributed by atoms with van der Waals surface area (Å²) in [6.07, 6.45) is -1.25. The number of phosphoric ester groups is 1. The van der Waals surface area contributed by atoms with Crippen LogP contribution in [0.1, 0.15) is 12.5 Å². The molecule has 7 N–H and O–H groups in total. The fourth-order valence-electron chi connectivity index (χ4n) is 4.31. The third-order valence-electron chi connectivity index (χ3n) is 5.72. The molecule has 0 spiro atoms. The zero-order chi connectivity index (χ0) is 25.3. The molecule has 0 aliphatic heterocycles. The van der Waals surface area contributed by atoms with E-state index in [2.05, 4.69) is 28.9 Å². The average molecular weight is 566 g/mol. The Labute approximate surface area is 195 Å². The summed E-state index contributed by atoms with van der Waals surface area (Å²) in [5.74, 6) is -0.175. The number of hydrogen-bond donors (Lipinski definition) is 7. The van der Waals surface area contributed by atoms with Gasteiger partial charge in [-0.15, -0.1) is 0 Å². The first-order chi connectivity index (χ1) is 15.6. The second-order valence-corrected chi connectivity index (χ2v) is 12.5. The summed E-state index contributed by atoms with van der Waals surface area (Å²) in [7, 11) is -15.0. The fraction of sp³-hybridized carbons (Fsp3) is 0.615. The highest BCUT2D eigenvalue weighted by molar-refractivity contribution is 7.66. The van der Waals surface area contributed by atoms with Crippen LogP contribution < -0.4 is 5.32 Å². The van der Waals surface area contributed by atoms with Crippen LogP contribution in [-0.2, 0) is 26.8 Å². The third kappa shape index (κ3) is 4.82. The molecule has 2 aromatic heterocycles. The summed E-state index contributed by atoms with van der Waals surface area (Å²) in [6, 6.07) is -0.791. The lowest BCUT2D eigenvalue weighted by molar-refractivity contribution is -0.0297. The molecular formula is C13H19ClN5O12P3. The van der Waals surface area contributed by atoms with Crippen molar-refractivity contribution in [1.29, 1.82) is 0 Å². The highest BCUT2D eigenvalue weighted by Gasteiger charge is 2.72. The van der Waals surface area contributed by atoms with Crippen LogP contribution in [0.15, 0.2) is 6.33 Å². The fourth-order valence-corrected chi connectivity index (χ4v) is 7.58. The molecule has 2 aliphatic carbocycles. The summed E-state index contributed by atoms with van der Waals surface area (Å²) >= 11 is 5.96. The first-order valence-electron chi connectivity index (χ1n) is 9.31. The minimum atomic E-state index is -5.68. The highest BCUT2D eigenvalue weighted by atomic mass is 35.5. The van der Waals surface area contributed by atoms with Crippen LogP contribution in [0.3, 0.4) is 0 Å². The van der Waals surface area contributed by atoms with Crippen LogP contribution in [0.5, 0.6) is 0 Å². The first kappa shape index (κ1) is 26.0. The largest absolute Gasteiger partial charge is 0.490 e. The van der Waals surface area contributed by atoms with E-state index >= 15 is 0 Å². The Balaban J connectivity index is 1.53. The lowest BCUT2D eigenvalue weighted by Crippen LogP contribution is -2.35. The molecule has 190 valence electrons. The van der Waals surface area contributed by atoms with Gasteiger partial charge in [-0.05, 0) is 23.9 Å². The van der Waals surface area contributed by atoms with E-state index in [0.29, 0.717) is 11.3 Å². The Morgan fingerprint density at radius 3 is 2.47 bits per heavy atom. The lowest BCUT2D eigenvalue weighted by Gasteiger charge is -2.24. The van der Waals surface area contributed by atoms with Crippen molar-refractivity contribution in [2.45, 2.75) is 24.7 Å². The molecule has 0 bridgehead atoms. The number of phosphoric acid groups is 3. The number of rotatable bonds is 9. The summed E-state index contributed by atoms with van der Waals surface area (Å²) < 4.78 is 47.8. The molecule has 4 rings (SSSR count). The van der Waals surface area contributed by atoms with Gasteiger partial charge in [-0.3, -0.25) is 4.52 Å². The maximum Gasteiger partial charge on any atom is 0.490 e. The standard InChI is InChI=1S/C13H19ClN5O12P3/c1-15-10-6-11(18-12(14)17-10)19(4-16-6)7-5-2-13(5,9(21)8(7)20)3-29-33(25,26)31-34(27,28)30-32(22,23)24/h4-5,7-9,20-21H,2-3H2,1H3,(H,25,26)(H,27,28)(H,15,17,18)(H2,22,23,24)/t5-,7?,8?,9?,13-/m1/s1.